The summed E-state index contributed by atoms with van der Waals surface area (Å²) in [7, 11) is 0. The smallest absolute Gasteiger partial charge is 0.270 e. The fraction of sp³-hybridized carbons (Fsp3) is 0.0588. The number of rotatable bonds is 2. The highest BCUT2D eigenvalue weighted by Crippen LogP contribution is 2.36. The lowest BCUT2D eigenvalue weighted by atomic mass is 10.2. The second-order valence-electron chi connectivity index (χ2n) is 5.06. The molecule has 6 heteroatoms. The van der Waals surface area contributed by atoms with Crippen molar-refractivity contribution in [2.24, 2.45) is 0 Å². The fourth-order valence-corrected chi connectivity index (χ4v) is 3.84. The maximum atomic E-state index is 12.6. The van der Waals surface area contributed by atoms with Gasteiger partial charge in [0.05, 0.1) is 15.1 Å². The molecule has 1 aliphatic heterocycles. The summed E-state index contributed by atoms with van der Waals surface area (Å²) in [5.41, 5.74) is 2.72. The van der Waals surface area contributed by atoms with Gasteiger partial charge in [0.15, 0.2) is 4.32 Å². The van der Waals surface area contributed by atoms with Gasteiger partial charge in [0, 0.05) is 0 Å². The zero-order valence-corrected chi connectivity index (χ0v) is 15.3. The molecule has 3 rings (SSSR count). The molecule has 116 valence electrons. The van der Waals surface area contributed by atoms with Crippen LogP contribution in [0.3, 0.4) is 0 Å². The molecule has 0 saturated carbocycles. The Labute approximate surface area is 152 Å². The van der Waals surface area contributed by atoms with Gasteiger partial charge in [-0.1, -0.05) is 47.7 Å². The van der Waals surface area contributed by atoms with Crippen molar-refractivity contribution < 1.29 is 9.90 Å². The Kier molecular flexibility index (Phi) is 4.57. The summed E-state index contributed by atoms with van der Waals surface area (Å²) in [6.07, 6.45) is 1.78. The van der Waals surface area contributed by atoms with Gasteiger partial charge in [-0.2, -0.15) is 0 Å². The van der Waals surface area contributed by atoms with E-state index in [1.165, 1.54) is 11.8 Å². The van der Waals surface area contributed by atoms with Gasteiger partial charge in [0.25, 0.3) is 5.91 Å². The molecule has 1 fully saturated rings. The van der Waals surface area contributed by atoms with Gasteiger partial charge in [-0.05, 0) is 58.8 Å². The molecule has 0 aliphatic carbocycles. The number of thioether (sulfide) groups is 1. The van der Waals surface area contributed by atoms with E-state index in [-0.39, 0.29) is 11.7 Å². The highest BCUT2D eigenvalue weighted by atomic mass is 79.9. The molecule has 0 aromatic heterocycles. The van der Waals surface area contributed by atoms with E-state index in [1.807, 2.05) is 31.2 Å². The quantitative estimate of drug-likeness (QED) is 0.571. The largest absolute Gasteiger partial charge is 0.507 e. The predicted molar refractivity (Wildman–Crippen MR) is 103 cm³/mol. The van der Waals surface area contributed by atoms with Crippen LogP contribution in [0.4, 0.5) is 5.69 Å². The normalized spacial score (nSPS) is 16.4. The van der Waals surface area contributed by atoms with Gasteiger partial charge in [0.1, 0.15) is 5.75 Å². The molecule has 2 aromatic rings. The number of carbonyl (C=O) groups is 1. The van der Waals surface area contributed by atoms with Crippen LogP contribution in [0.1, 0.15) is 11.1 Å². The van der Waals surface area contributed by atoms with Gasteiger partial charge >= 0.3 is 0 Å². The molecular weight excluding hydrogens is 394 g/mol. The third-order valence-corrected chi connectivity index (χ3v) is 5.29. The molecule has 2 aromatic carbocycles. The van der Waals surface area contributed by atoms with Gasteiger partial charge in [-0.25, -0.2) is 0 Å². The molecule has 0 spiro atoms. The van der Waals surface area contributed by atoms with E-state index in [9.17, 15) is 9.90 Å². The van der Waals surface area contributed by atoms with Gasteiger partial charge in [-0.3, -0.25) is 9.69 Å². The lowest BCUT2D eigenvalue weighted by molar-refractivity contribution is -0.113. The van der Waals surface area contributed by atoms with E-state index in [2.05, 4.69) is 15.9 Å². The van der Waals surface area contributed by atoms with Crippen LogP contribution in [0.25, 0.3) is 6.08 Å². The number of nitrogens with zero attached hydrogens (tertiary/aromatic N) is 1. The minimum atomic E-state index is -0.131. The first-order chi connectivity index (χ1) is 11.0. The monoisotopic (exact) mass is 405 g/mol. The molecule has 3 nitrogen and oxygen atoms in total. The molecule has 0 atom stereocenters. The third-order valence-electron chi connectivity index (χ3n) is 3.36. The number of hydrogen-bond acceptors (Lipinski definition) is 4. The van der Waals surface area contributed by atoms with Crippen molar-refractivity contribution in [2.45, 2.75) is 6.92 Å². The van der Waals surface area contributed by atoms with Crippen LogP contribution >= 0.6 is 39.9 Å². The van der Waals surface area contributed by atoms with Crippen LogP contribution in [-0.2, 0) is 4.79 Å². The zero-order valence-electron chi connectivity index (χ0n) is 12.1. The first kappa shape index (κ1) is 16.2. The van der Waals surface area contributed by atoms with Crippen molar-refractivity contribution in [3.05, 3.63) is 63.0 Å². The van der Waals surface area contributed by atoms with Gasteiger partial charge < -0.3 is 5.11 Å². The molecule has 1 amide bonds. The molecule has 1 heterocycles. The second kappa shape index (κ2) is 6.47. The van der Waals surface area contributed by atoms with Crippen molar-refractivity contribution in [3.63, 3.8) is 0 Å². The average Bonchev–Trinajstić information content (AvgIpc) is 2.79. The van der Waals surface area contributed by atoms with E-state index in [4.69, 9.17) is 12.2 Å². The molecule has 1 saturated heterocycles. The number of aryl methyl sites for hydroxylation is 1. The average molecular weight is 406 g/mol. The fourth-order valence-electron chi connectivity index (χ4n) is 2.15. The summed E-state index contributed by atoms with van der Waals surface area (Å²) in [6.45, 7) is 2.00. The minimum Gasteiger partial charge on any atom is -0.507 e. The number of phenols is 1. The summed E-state index contributed by atoms with van der Waals surface area (Å²) in [4.78, 5) is 14.8. The number of phenolic OH excluding ortho intramolecular Hbond substituents is 1. The number of aromatic hydroxyl groups is 1. The Morgan fingerprint density at radius 1 is 1.22 bits per heavy atom. The number of anilines is 1. The van der Waals surface area contributed by atoms with Crippen LogP contribution in [0.15, 0.2) is 51.8 Å². The van der Waals surface area contributed by atoms with E-state index in [1.54, 1.807) is 29.2 Å². The molecule has 0 radical (unpaired) electrons. The highest BCUT2D eigenvalue weighted by molar-refractivity contribution is 9.10. The Balaban J connectivity index is 1.92. The maximum absolute atomic E-state index is 12.6. The summed E-state index contributed by atoms with van der Waals surface area (Å²) < 4.78 is 1.10. The predicted octanol–water partition coefficient (Wildman–Crippen LogP) is 4.87. The number of carbonyl (C=O) groups excluding carboxylic acids is 1. The van der Waals surface area contributed by atoms with E-state index in [0.717, 1.165) is 16.8 Å². The lowest BCUT2D eigenvalue weighted by Gasteiger charge is -2.14. The van der Waals surface area contributed by atoms with Crippen LogP contribution in [0, 0.1) is 6.92 Å². The molecule has 23 heavy (non-hydrogen) atoms. The van der Waals surface area contributed by atoms with Crippen molar-refractivity contribution >= 4 is 61.9 Å². The molecule has 0 bridgehead atoms. The first-order valence-corrected chi connectivity index (χ1v) is 8.80. The van der Waals surface area contributed by atoms with Crippen LogP contribution in [0.5, 0.6) is 5.75 Å². The Morgan fingerprint density at radius 2 is 1.91 bits per heavy atom. The molecule has 0 unspecified atom stereocenters. The summed E-state index contributed by atoms with van der Waals surface area (Å²) in [5, 5.41) is 9.54. The van der Waals surface area contributed by atoms with Crippen LogP contribution in [0.2, 0.25) is 0 Å². The van der Waals surface area contributed by atoms with Gasteiger partial charge in [0.2, 0.25) is 0 Å². The van der Waals surface area contributed by atoms with Crippen molar-refractivity contribution in [2.75, 3.05) is 4.90 Å². The number of benzene rings is 2. The maximum Gasteiger partial charge on any atom is 0.270 e. The summed E-state index contributed by atoms with van der Waals surface area (Å²) in [5.74, 6) is 0.0300. The first-order valence-electron chi connectivity index (χ1n) is 6.79. The van der Waals surface area contributed by atoms with E-state index < -0.39 is 0 Å². The standard InChI is InChI=1S/C17H12BrNO2S2/c1-10-2-5-12(6-3-10)19-16(21)15(23-17(19)22)9-11-4-7-14(20)13(18)8-11/h2-9,20H,1H3/b15-9+. The molecular formula is C17H12BrNO2S2. The zero-order chi connectivity index (χ0) is 16.6. The topological polar surface area (TPSA) is 40.5 Å². The summed E-state index contributed by atoms with van der Waals surface area (Å²) >= 11 is 9.90. The van der Waals surface area contributed by atoms with Crippen LogP contribution in [-0.4, -0.2) is 15.3 Å². The molecule has 1 aliphatic rings. The number of hydrogen-bond donors (Lipinski definition) is 1. The summed E-state index contributed by atoms with van der Waals surface area (Å²) in [6, 6.07) is 12.8. The second-order valence-corrected chi connectivity index (χ2v) is 7.59. The van der Waals surface area contributed by atoms with E-state index in [0.29, 0.717) is 13.7 Å². The SMILES string of the molecule is Cc1ccc(N2C(=O)/C(=C\c3ccc(O)c(Br)c3)SC2=S)cc1. The number of amides is 1. The van der Waals surface area contributed by atoms with Crippen molar-refractivity contribution in [1.82, 2.24) is 0 Å². The number of halogens is 1. The Hall–Kier alpha value is -1.63. The van der Waals surface area contributed by atoms with Crippen molar-refractivity contribution in [1.29, 1.82) is 0 Å². The third kappa shape index (κ3) is 3.34. The lowest BCUT2D eigenvalue weighted by Crippen LogP contribution is -2.27. The highest BCUT2D eigenvalue weighted by Gasteiger charge is 2.33. The Morgan fingerprint density at radius 3 is 2.57 bits per heavy atom. The minimum absolute atomic E-state index is 0.131. The van der Waals surface area contributed by atoms with Crippen molar-refractivity contribution in [3.8, 4) is 5.75 Å². The molecule has 1 N–H and O–H groups in total. The van der Waals surface area contributed by atoms with Crippen LogP contribution < -0.4 is 4.90 Å². The number of thiocarbonyl (C=S) groups is 1. The van der Waals surface area contributed by atoms with Gasteiger partial charge in [-0.15, -0.1) is 0 Å². The van der Waals surface area contributed by atoms with E-state index >= 15 is 0 Å². The Bertz CT molecular complexity index is 831.